The lowest BCUT2D eigenvalue weighted by molar-refractivity contribution is 0.103. The molecule has 98 valence electrons. The quantitative estimate of drug-likeness (QED) is 0.576. The van der Waals surface area contributed by atoms with Crippen LogP contribution in [0.5, 0.6) is 11.5 Å². The smallest absolute Gasteiger partial charge is 0.196 e. The summed E-state index contributed by atoms with van der Waals surface area (Å²) < 4.78 is 4.96. The molecule has 0 aliphatic heterocycles. The zero-order chi connectivity index (χ0) is 14.0. The van der Waals surface area contributed by atoms with Crippen LogP contribution in [0.3, 0.4) is 0 Å². The number of anilines is 2. The van der Waals surface area contributed by atoms with E-state index in [0.717, 1.165) is 0 Å². The van der Waals surface area contributed by atoms with Crippen molar-refractivity contribution in [2.24, 2.45) is 0 Å². The standard InChI is InChI=1S/C14H14N2O3/c1-19-11-2-3-12(13(17)7-11)14(18)8-4-9(15)6-10(16)5-8/h2-7,17H,15-16H2,1H3. The van der Waals surface area contributed by atoms with E-state index in [0.29, 0.717) is 22.7 Å². The molecule has 0 radical (unpaired) electrons. The Bertz CT molecular complexity index is 618. The Hall–Kier alpha value is -2.69. The average molecular weight is 258 g/mol. The first-order valence-electron chi connectivity index (χ1n) is 5.59. The Labute approximate surface area is 110 Å². The Balaban J connectivity index is 2.44. The highest BCUT2D eigenvalue weighted by Crippen LogP contribution is 2.26. The lowest BCUT2D eigenvalue weighted by atomic mass is 10.0. The van der Waals surface area contributed by atoms with Gasteiger partial charge in [-0.3, -0.25) is 4.79 Å². The minimum Gasteiger partial charge on any atom is -0.507 e. The van der Waals surface area contributed by atoms with Gasteiger partial charge in [0, 0.05) is 23.0 Å². The number of aromatic hydroxyl groups is 1. The molecule has 0 atom stereocenters. The molecule has 0 saturated carbocycles. The van der Waals surface area contributed by atoms with Crippen LogP contribution in [0.1, 0.15) is 15.9 Å². The molecule has 0 aliphatic carbocycles. The number of rotatable bonds is 3. The molecule has 5 heteroatoms. The van der Waals surface area contributed by atoms with Gasteiger partial charge in [-0.25, -0.2) is 0 Å². The Morgan fingerprint density at radius 2 is 1.74 bits per heavy atom. The maximum absolute atomic E-state index is 12.3. The molecule has 0 aliphatic rings. The second-order valence-electron chi connectivity index (χ2n) is 4.10. The topological polar surface area (TPSA) is 98.6 Å². The number of methoxy groups -OCH3 is 1. The lowest BCUT2D eigenvalue weighted by Crippen LogP contribution is -2.04. The fourth-order valence-corrected chi connectivity index (χ4v) is 1.79. The summed E-state index contributed by atoms with van der Waals surface area (Å²) in [7, 11) is 1.48. The van der Waals surface area contributed by atoms with Crippen LogP contribution in [-0.4, -0.2) is 18.0 Å². The predicted molar refractivity (Wildman–Crippen MR) is 73.4 cm³/mol. The largest absolute Gasteiger partial charge is 0.507 e. The summed E-state index contributed by atoms with van der Waals surface area (Å²) in [5.74, 6) is -0.0226. The molecule has 2 rings (SSSR count). The van der Waals surface area contributed by atoms with Gasteiger partial charge in [-0.15, -0.1) is 0 Å². The van der Waals surface area contributed by atoms with Crippen LogP contribution in [0.2, 0.25) is 0 Å². The van der Waals surface area contributed by atoms with Crippen LogP contribution in [0.4, 0.5) is 11.4 Å². The maximum Gasteiger partial charge on any atom is 0.196 e. The van der Waals surface area contributed by atoms with Crippen molar-refractivity contribution in [3.8, 4) is 11.5 Å². The van der Waals surface area contributed by atoms with Crippen molar-refractivity contribution in [3.05, 3.63) is 47.5 Å². The molecule has 0 fully saturated rings. The number of carbonyl (C=O) groups excluding carboxylic acids is 1. The summed E-state index contributed by atoms with van der Waals surface area (Å²) in [6, 6.07) is 9.07. The van der Waals surface area contributed by atoms with Crippen molar-refractivity contribution < 1.29 is 14.6 Å². The highest BCUT2D eigenvalue weighted by atomic mass is 16.5. The number of nitrogens with two attached hydrogens (primary N) is 2. The van der Waals surface area contributed by atoms with Crippen molar-refractivity contribution in [3.63, 3.8) is 0 Å². The molecular formula is C14H14N2O3. The Kier molecular flexibility index (Phi) is 3.29. The lowest BCUT2D eigenvalue weighted by Gasteiger charge is -2.07. The summed E-state index contributed by atoms with van der Waals surface area (Å²) in [4.78, 5) is 12.3. The van der Waals surface area contributed by atoms with Crippen LogP contribution in [0, 0.1) is 0 Å². The van der Waals surface area contributed by atoms with Crippen LogP contribution < -0.4 is 16.2 Å². The van der Waals surface area contributed by atoms with Gasteiger partial charge in [0.05, 0.1) is 12.7 Å². The fraction of sp³-hybridized carbons (Fsp3) is 0.0714. The highest BCUT2D eigenvalue weighted by molar-refractivity contribution is 6.11. The van der Waals surface area contributed by atoms with Gasteiger partial charge in [0.2, 0.25) is 0 Å². The van der Waals surface area contributed by atoms with E-state index < -0.39 is 0 Å². The molecule has 0 bridgehead atoms. The Morgan fingerprint density at radius 1 is 1.11 bits per heavy atom. The van der Waals surface area contributed by atoms with E-state index in [2.05, 4.69) is 0 Å². The molecule has 5 N–H and O–H groups in total. The minimum absolute atomic E-state index is 0.148. The van der Waals surface area contributed by atoms with E-state index >= 15 is 0 Å². The van der Waals surface area contributed by atoms with Gasteiger partial charge < -0.3 is 21.3 Å². The molecule has 5 nitrogen and oxygen atoms in total. The van der Waals surface area contributed by atoms with Gasteiger partial charge in [0.15, 0.2) is 5.78 Å². The zero-order valence-electron chi connectivity index (χ0n) is 10.4. The highest BCUT2D eigenvalue weighted by Gasteiger charge is 2.15. The van der Waals surface area contributed by atoms with E-state index in [1.54, 1.807) is 12.1 Å². The second kappa shape index (κ2) is 4.89. The third-order valence-corrected chi connectivity index (χ3v) is 2.69. The molecule has 2 aromatic carbocycles. The summed E-state index contributed by atoms with van der Waals surface area (Å²) >= 11 is 0. The first-order chi connectivity index (χ1) is 9.01. The number of phenolic OH excluding ortho intramolecular Hbond substituents is 1. The number of benzene rings is 2. The molecular weight excluding hydrogens is 244 g/mol. The molecule has 0 spiro atoms. The number of ketones is 1. The van der Waals surface area contributed by atoms with Gasteiger partial charge in [-0.2, -0.15) is 0 Å². The molecule has 2 aromatic rings. The van der Waals surface area contributed by atoms with E-state index in [1.807, 2.05) is 0 Å². The maximum atomic E-state index is 12.3. The zero-order valence-corrected chi connectivity index (χ0v) is 10.4. The predicted octanol–water partition coefficient (Wildman–Crippen LogP) is 1.80. The van der Waals surface area contributed by atoms with Crippen molar-refractivity contribution in [1.82, 2.24) is 0 Å². The molecule has 0 saturated heterocycles. The number of hydrogen-bond acceptors (Lipinski definition) is 5. The SMILES string of the molecule is COc1ccc(C(=O)c2cc(N)cc(N)c2)c(O)c1. The van der Waals surface area contributed by atoms with Crippen molar-refractivity contribution in [2.45, 2.75) is 0 Å². The minimum atomic E-state index is -0.348. The van der Waals surface area contributed by atoms with Crippen LogP contribution >= 0.6 is 0 Å². The number of nitrogen functional groups attached to an aromatic ring is 2. The van der Waals surface area contributed by atoms with E-state index in [4.69, 9.17) is 16.2 Å². The van der Waals surface area contributed by atoms with E-state index in [-0.39, 0.29) is 17.1 Å². The van der Waals surface area contributed by atoms with Gasteiger partial charge >= 0.3 is 0 Å². The van der Waals surface area contributed by atoms with Crippen molar-refractivity contribution in [1.29, 1.82) is 0 Å². The molecule has 19 heavy (non-hydrogen) atoms. The monoisotopic (exact) mass is 258 g/mol. The van der Waals surface area contributed by atoms with Gasteiger partial charge in [-0.05, 0) is 30.3 Å². The Morgan fingerprint density at radius 3 is 2.26 bits per heavy atom. The molecule has 0 aromatic heterocycles. The number of carbonyl (C=O) groups is 1. The van der Waals surface area contributed by atoms with E-state index in [9.17, 15) is 9.90 Å². The van der Waals surface area contributed by atoms with Crippen LogP contribution in [-0.2, 0) is 0 Å². The van der Waals surface area contributed by atoms with Crippen molar-refractivity contribution >= 4 is 17.2 Å². The molecule has 0 unspecified atom stereocenters. The average Bonchev–Trinajstić information content (AvgIpc) is 2.36. The van der Waals surface area contributed by atoms with Gasteiger partial charge in [-0.1, -0.05) is 0 Å². The van der Waals surface area contributed by atoms with Gasteiger partial charge in [0.1, 0.15) is 11.5 Å². The fourth-order valence-electron chi connectivity index (χ4n) is 1.79. The summed E-state index contributed by atoms with van der Waals surface area (Å²) in [6.07, 6.45) is 0. The number of hydrogen-bond donors (Lipinski definition) is 3. The summed E-state index contributed by atoms with van der Waals surface area (Å²) in [5, 5.41) is 9.83. The van der Waals surface area contributed by atoms with Crippen LogP contribution in [0.15, 0.2) is 36.4 Å². The number of phenols is 1. The first-order valence-corrected chi connectivity index (χ1v) is 5.59. The summed E-state index contributed by atoms with van der Waals surface area (Å²) in [5.41, 5.74) is 12.6. The third kappa shape index (κ3) is 2.60. The third-order valence-electron chi connectivity index (χ3n) is 2.69. The second-order valence-corrected chi connectivity index (χ2v) is 4.10. The van der Waals surface area contributed by atoms with Gasteiger partial charge in [0.25, 0.3) is 0 Å². The first kappa shape index (κ1) is 12.8. The van der Waals surface area contributed by atoms with Crippen molar-refractivity contribution in [2.75, 3.05) is 18.6 Å². The summed E-state index contributed by atoms with van der Waals surface area (Å²) in [6.45, 7) is 0. The molecule has 0 heterocycles. The van der Waals surface area contributed by atoms with Crippen LogP contribution in [0.25, 0.3) is 0 Å². The van der Waals surface area contributed by atoms with E-state index in [1.165, 1.54) is 31.4 Å². The number of ether oxygens (including phenoxy) is 1. The normalized spacial score (nSPS) is 10.2. The molecule has 0 amide bonds.